The molecule has 0 radical (unpaired) electrons. The number of nitrogens with zero attached hydrogens (tertiary/aromatic N) is 2. The normalized spacial score (nSPS) is 11.1. The molecule has 0 aliphatic carbocycles. The molecule has 0 spiro atoms. The van der Waals surface area contributed by atoms with Crippen molar-refractivity contribution in [3.05, 3.63) is 102 Å². The Bertz CT molecular complexity index is 1200. The Balaban J connectivity index is 1.81. The number of benzene rings is 3. The number of hydrogen-bond acceptors (Lipinski definition) is 3. The molecule has 0 aliphatic rings. The molecule has 0 saturated heterocycles. The van der Waals surface area contributed by atoms with Crippen LogP contribution in [0.15, 0.2) is 94.3 Å². The fourth-order valence-electron chi connectivity index (χ4n) is 3.39. The summed E-state index contributed by atoms with van der Waals surface area (Å²) in [5.41, 5.74) is 5.29. The van der Waals surface area contributed by atoms with Crippen LogP contribution in [-0.2, 0) is 0 Å². The van der Waals surface area contributed by atoms with Gasteiger partial charge in [0.2, 0.25) is 5.88 Å². The van der Waals surface area contributed by atoms with Gasteiger partial charge in [-0.1, -0.05) is 98.8 Å². The standard InChI is InChI=1S/C27H22N2O/c1-19(2)21-15-13-20(14-16-21)18-29-27-24(17-28)25(22-9-5-3-6-10-22)26(30-27)23-11-7-4-8-12-23/h3-16,18-19H,1-2H3/b29-18+. The van der Waals surface area contributed by atoms with Crippen molar-refractivity contribution in [2.45, 2.75) is 19.8 Å². The van der Waals surface area contributed by atoms with Crippen LogP contribution in [0.4, 0.5) is 5.88 Å². The third-order valence-corrected chi connectivity index (χ3v) is 5.03. The maximum Gasteiger partial charge on any atom is 0.238 e. The van der Waals surface area contributed by atoms with Crippen molar-refractivity contribution in [2.24, 2.45) is 4.99 Å². The monoisotopic (exact) mass is 390 g/mol. The highest BCUT2D eigenvalue weighted by atomic mass is 16.4. The Kier molecular flexibility index (Phi) is 5.59. The molecule has 3 heteroatoms. The molecule has 0 atom stereocenters. The largest absolute Gasteiger partial charge is 0.436 e. The molecule has 4 rings (SSSR count). The van der Waals surface area contributed by atoms with Gasteiger partial charge in [0.25, 0.3) is 0 Å². The second kappa shape index (κ2) is 8.63. The van der Waals surface area contributed by atoms with E-state index in [-0.39, 0.29) is 0 Å². The van der Waals surface area contributed by atoms with Gasteiger partial charge in [0.1, 0.15) is 17.4 Å². The van der Waals surface area contributed by atoms with Crippen LogP contribution in [0, 0.1) is 11.3 Å². The lowest BCUT2D eigenvalue weighted by molar-refractivity contribution is 0.593. The van der Waals surface area contributed by atoms with Gasteiger partial charge in [0.15, 0.2) is 0 Å². The molecule has 0 bridgehead atoms. The first-order chi connectivity index (χ1) is 14.7. The lowest BCUT2D eigenvalue weighted by atomic mass is 9.98. The molecule has 30 heavy (non-hydrogen) atoms. The molecule has 3 nitrogen and oxygen atoms in total. The average molecular weight is 390 g/mol. The molecule has 0 amide bonds. The van der Waals surface area contributed by atoms with Crippen LogP contribution >= 0.6 is 0 Å². The van der Waals surface area contributed by atoms with Gasteiger partial charge >= 0.3 is 0 Å². The minimum atomic E-state index is 0.322. The summed E-state index contributed by atoms with van der Waals surface area (Å²) in [6.07, 6.45) is 1.74. The van der Waals surface area contributed by atoms with Crippen LogP contribution in [0.3, 0.4) is 0 Å². The average Bonchev–Trinajstić information content (AvgIpc) is 3.17. The summed E-state index contributed by atoms with van der Waals surface area (Å²) in [4.78, 5) is 4.54. The first kappa shape index (κ1) is 19.4. The summed E-state index contributed by atoms with van der Waals surface area (Å²) in [5.74, 6) is 1.46. The van der Waals surface area contributed by atoms with Crippen LogP contribution in [0.2, 0.25) is 0 Å². The minimum Gasteiger partial charge on any atom is -0.436 e. The second-order valence-corrected chi connectivity index (χ2v) is 7.41. The number of furan rings is 1. The second-order valence-electron chi connectivity index (χ2n) is 7.41. The first-order valence-corrected chi connectivity index (χ1v) is 9.99. The fraction of sp³-hybridized carbons (Fsp3) is 0.111. The van der Waals surface area contributed by atoms with Crippen LogP contribution in [0.1, 0.15) is 36.5 Å². The molecule has 0 fully saturated rings. The Morgan fingerprint density at radius 3 is 2.00 bits per heavy atom. The van der Waals surface area contributed by atoms with Gasteiger partial charge in [0, 0.05) is 17.3 Å². The Morgan fingerprint density at radius 1 is 0.833 bits per heavy atom. The smallest absolute Gasteiger partial charge is 0.238 e. The summed E-state index contributed by atoms with van der Waals surface area (Å²) >= 11 is 0. The van der Waals surface area contributed by atoms with Crippen LogP contribution in [0.25, 0.3) is 22.5 Å². The summed E-state index contributed by atoms with van der Waals surface area (Å²) in [6, 6.07) is 30.2. The van der Waals surface area contributed by atoms with E-state index in [0.29, 0.717) is 23.1 Å². The van der Waals surface area contributed by atoms with Gasteiger partial charge in [0.05, 0.1) is 0 Å². The van der Waals surface area contributed by atoms with Crippen molar-refractivity contribution in [2.75, 3.05) is 0 Å². The van der Waals surface area contributed by atoms with Crippen LogP contribution in [-0.4, -0.2) is 6.21 Å². The van der Waals surface area contributed by atoms with E-state index in [1.165, 1.54) is 5.56 Å². The first-order valence-electron chi connectivity index (χ1n) is 9.99. The maximum absolute atomic E-state index is 9.93. The molecule has 3 aromatic carbocycles. The summed E-state index contributed by atoms with van der Waals surface area (Å²) in [6.45, 7) is 4.34. The lowest BCUT2D eigenvalue weighted by Crippen LogP contribution is -1.88. The molecule has 0 aliphatic heterocycles. The van der Waals surface area contributed by atoms with E-state index >= 15 is 0 Å². The molecule has 0 N–H and O–H groups in total. The van der Waals surface area contributed by atoms with E-state index in [9.17, 15) is 5.26 Å². The molecule has 0 saturated carbocycles. The third kappa shape index (κ3) is 3.94. The number of hydrogen-bond donors (Lipinski definition) is 0. The van der Waals surface area contributed by atoms with Crippen LogP contribution in [0.5, 0.6) is 0 Å². The van der Waals surface area contributed by atoms with Crippen molar-refractivity contribution in [1.82, 2.24) is 0 Å². The molecule has 0 unspecified atom stereocenters. The van der Waals surface area contributed by atoms with E-state index < -0.39 is 0 Å². The van der Waals surface area contributed by atoms with Crippen molar-refractivity contribution < 1.29 is 4.42 Å². The highest BCUT2D eigenvalue weighted by Gasteiger charge is 2.22. The molecule has 1 heterocycles. The number of aliphatic imine (C=N–C) groups is 1. The Morgan fingerprint density at radius 2 is 1.43 bits per heavy atom. The zero-order chi connectivity index (χ0) is 20.9. The van der Waals surface area contributed by atoms with E-state index in [4.69, 9.17) is 4.42 Å². The molecular formula is C27H22N2O. The summed E-state index contributed by atoms with van der Waals surface area (Å²) < 4.78 is 6.14. The van der Waals surface area contributed by atoms with Crippen molar-refractivity contribution in [1.29, 1.82) is 5.26 Å². The van der Waals surface area contributed by atoms with Crippen molar-refractivity contribution >= 4 is 12.1 Å². The zero-order valence-corrected chi connectivity index (χ0v) is 17.0. The van der Waals surface area contributed by atoms with E-state index in [1.54, 1.807) is 6.21 Å². The predicted molar refractivity (Wildman–Crippen MR) is 122 cm³/mol. The van der Waals surface area contributed by atoms with Gasteiger partial charge in [-0.25, -0.2) is 4.99 Å². The summed E-state index contributed by atoms with van der Waals surface area (Å²) in [7, 11) is 0. The maximum atomic E-state index is 9.93. The highest BCUT2D eigenvalue weighted by Crippen LogP contribution is 2.42. The quantitative estimate of drug-likeness (QED) is 0.334. The zero-order valence-electron chi connectivity index (χ0n) is 17.0. The van der Waals surface area contributed by atoms with Gasteiger partial charge in [-0.05, 0) is 22.6 Å². The van der Waals surface area contributed by atoms with Gasteiger partial charge in [-0.15, -0.1) is 0 Å². The van der Waals surface area contributed by atoms with E-state index in [1.807, 2.05) is 72.8 Å². The fourth-order valence-corrected chi connectivity index (χ4v) is 3.39. The van der Waals surface area contributed by atoms with Crippen molar-refractivity contribution in [3.63, 3.8) is 0 Å². The predicted octanol–water partition coefficient (Wildman–Crippen LogP) is 7.36. The Labute approximate surface area is 177 Å². The van der Waals surface area contributed by atoms with Gasteiger partial charge in [-0.3, -0.25) is 0 Å². The molecule has 1 aromatic heterocycles. The van der Waals surface area contributed by atoms with E-state index in [2.05, 4.69) is 37.0 Å². The SMILES string of the molecule is CC(C)c1ccc(/C=N/c2oc(-c3ccccc3)c(-c3ccccc3)c2C#N)cc1. The molecular weight excluding hydrogens is 368 g/mol. The van der Waals surface area contributed by atoms with E-state index in [0.717, 1.165) is 22.3 Å². The molecule has 4 aromatic rings. The summed E-state index contributed by atoms with van der Waals surface area (Å²) in [5, 5.41) is 9.93. The minimum absolute atomic E-state index is 0.322. The van der Waals surface area contributed by atoms with Crippen molar-refractivity contribution in [3.8, 4) is 28.5 Å². The number of nitriles is 1. The lowest BCUT2D eigenvalue weighted by Gasteiger charge is -2.04. The van der Waals surface area contributed by atoms with Crippen LogP contribution < -0.4 is 0 Å². The molecule has 146 valence electrons. The number of rotatable bonds is 5. The third-order valence-electron chi connectivity index (χ3n) is 5.03. The van der Waals surface area contributed by atoms with Gasteiger partial charge in [-0.2, -0.15) is 5.26 Å². The topological polar surface area (TPSA) is 49.3 Å². The highest BCUT2D eigenvalue weighted by molar-refractivity contribution is 5.89. The Hall–Kier alpha value is -3.90. The van der Waals surface area contributed by atoms with Gasteiger partial charge < -0.3 is 4.42 Å².